The van der Waals surface area contributed by atoms with E-state index in [1.165, 1.54) is 19.3 Å². The topological polar surface area (TPSA) is 26.3 Å². The van der Waals surface area contributed by atoms with Gasteiger partial charge in [0.25, 0.3) is 0 Å². The fourth-order valence-electron chi connectivity index (χ4n) is 2.40. The van der Waals surface area contributed by atoms with Gasteiger partial charge in [-0.05, 0) is 31.6 Å². The second-order valence-corrected chi connectivity index (χ2v) is 4.77. The minimum atomic E-state index is -0.0951. The summed E-state index contributed by atoms with van der Waals surface area (Å²) in [4.78, 5) is 11.6. The monoisotopic (exact) mass is 236 g/mol. The number of carbonyl (C=O) groups excluding carboxylic acids is 1. The Labute approximate surface area is 105 Å². The van der Waals surface area contributed by atoms with Gasteiger partial charge in [0.05, 0.1) is 0 Å². The third-order valence-corrected chi connectivity index (χ3v) is 3.40. The summed E-state index contributed by atoms with van der Waals surface area (Å²) in [5.74, 6) is 0.395. The first-order valence-electron chi connectivity index (χ1n) is 6.71. The number of rotatable bonds is 7. The molecule has 2 heteroatoms. The summed E-state index contributed by atoms with van der Waals surface area (Å²) in [7, 11) is 0. The summed E-state index contributed by atoms with van der Waals surface area (Å²) in [6.45, 7) is 7.43. The highest BCUT2D eigenvalue weighted by Crippen LogP contribution is 2.28. The van der Waals surface area contributed by atoms with Crippen molar-refractivity contribution in [3.63, 3.8) is 0 Å². The lowest BCUT2D eigenvalue weighted by Crippen LogP contribution is -2.26. The van der Waals surface area contributed by atoms with E-state index in [0.717, 1.165) is 25.7 Å². The zero-order valence-corrected chi connectivity index (χ0v) is 10.7. The third-order valence-electron chi connectivity index (χ3n) is 3.40. The molecule has 1 fully saturated rings. The van der Waals surface area contributed by atoms with Crippen molar-refractivity contribution in [1.29, 1.82) is 0 Å². The molecule has 1 aliphatic carbocycles. The van der Waals surface area contributed by atoms with Crippen LogP contribution >= 0.6 is 0 Å². The number of allylic oxidation sites excluding steroid dienone is 1. The van der Waals surface area contributed by atoms with Crippen molar-refractivity contribution in [2.24, 2.45) is 5.92 Å². The molecule has 1 atom stereocenters. The Morgan fingerprint density at radius 1 is 1.29 bits per heavy atom. The molecule has 0 unspecified atom stereocenters. The molecular weight excluding hydrogens is 212 g/mol. The van der Waals surface area contributed by atoms with Gasteiger partial charge < -0.3 is 4.74 Å². The predicted molar refractivity (Wildman–Crippen MR) is 70.7 cm³/mol. The van der Waals surface area contributed by atoms with E-state index in [2.05, 4.69) is 13.2 Å². The summed E-state index contributed by atoms with van der Waals surface area (Å²) < 4.78 is 5.49. The Morgan fingerprint density at radius 3 is 2.59 bits per heavy atom. The van der Waals surface area contributed by atoms with Crippen molar-refractivity contribution in [1.82, 2.24) is 0 Å². The first-order valence-corrected chi connectivity index (χ1v) is 6.71. The van der Waals surface area contributed by atoms with Crippen LogP contribution in [0.2, 0.25) is 0 Å². The second-order valence-electron chi connectivity index (χ2n) is 4.77. The molecule has 0 spiro atoms. The van der Waals surface area contributed by atoms with E-state index in [4.69, 9.17) is 4.74 Å². The number of hydrogen-bond donors (Lipinski definition) is 0. The fourth-order valence-corrected chi connectivity index (χ4v) is 2.40. The maximum atomic E-state index is 11.6. The smallest absolute Gasteiger partial charge is 0.306 e. The standard InChI is InChI=1S/C15H24O2/c1-3-5-7-12-15(16)17-14(4-2)13-10-8-6-9-11-13/h3-4,13-14H,1-2,5-12H2/t14-/m0/s1. The Balaban J connectivity index is 2.31. The van der Waals surface area contributed by atoms with Crippen LogP contribution in [0.5, 0.6) is 0 Å². The van der Waals surface area contributed by atoms with Crippen LogP contribution in [0.15, 0.2) is 25.3 Å². The van der Waals surface area contributed by atoms with Crippen LogP contribution in [0.1, 0.15) is 51.4 Å². The van der Waals surface area contributed by atoms with Crippen LogP contribution in [-0.2, 0) is 9.53 Å². The largest absolute Gasteiger partial charge is 0.458 e. The molecule has 1 aliphatic rings. The fraction of sp³-hybridized carbons (Fsp3) is 0.667. The Bertz CT molecular complexity index is 252. The normalized spacial score (nSPS) is 18.4. The Morgan fingerprint density at radius 2 is 2.00 bits per heavy atom. The van der Waals surface area contributed by atoms with E-state index in [1.807, 2.05) is 6.08 Å². The SMILES string of the molecule is C=CCCCC(=O)O[C@@H](C=C)C1CCCCC1. The molecule has 0 aromatic heterocycles. The van der Waals surface area contributed by atoms with Crippen LogP contribution in [0.3, 0.4) is 0 Å². The van der Waals surface area contributed by atoms with Crippen molar-refractivity contribution in [2.45, 2.75) is 57.5 Å². The summed E-state index contributed by atoms with van der Waals surface area (Å²) in [6.07, 6.45) is 11.9. The quantitative estimate of drug-likeness (QED) is 0.379. The van der Waals surface area contributed by atoms with Crippen LogP contribution in [0.25, 0.3) is 0 Å². The molecule has 0 amide bonds. The molecule has 0 N–H and O–H groups in total. The molecule has 0 radical (unpaired) electrons. The highest BCUT2D eigenvalue weighted by Gasteiger charge is 2.24. The molecule has 0 heterocycles. The summed E-state index contributed by atoms with van der Waals surface area (Å²) in [5.41, 5.74) is 0. The van der Waals surface area contributed by atoms with E-state index < -0.39 is 0 Å². The summed E-state index contributed by atoms with van der Waals surface area (Å²) in [5, 5.41) is 0. The van der Waals surface area contributed by atoms with Crippen molar-refractivity contribution < 1.29 is 9.53 Å². The number of ether oxygens (including phenoxy) is 1. The molecule has 1 rings (SSSR count). The van der Waals surface area contributed by atoms with Gasteiger partial charge in [0.2, 0.25) is 0 Å². The maximum Gasteiger partial charge on any atom is 0.306 e. The molecule has 0 bridgehead atoms. The molecule has 0 aromatic rings. The van der Waals surface area contributed by atoms with Crippen molar-refractivity contribution in [3.8, 4) is 0 Å². The second kappa shape index (κ2) is 8.10. The van der Waals surface area contributed by atoms with Gasteiger partial charge in [-0.1, -0.05) is 38.0 Å². The van der Waals surface area contributed by atoms with Crippen LogP contribution in [0, 0.1) is 5.92 Å². The first-order chi connectivity index (χ1) is 8.27. The van der Waals surface area contributed by atoms with E-state index in [1.54, 1.807) is 6.08 Å². The van der Waals surface area contributed by atoms with Gasteiger partial charge in [0.1, 0.15) is 6.10 Å². The molecule has 17 heavy (non-hydrogen) atoms. The first kappa shape index (κ1) is 14.0. The van der Waals surface area contributed by atoms with Gasteiger partial charge in [0, 0.05) is 6.42 Å². The van der Waals surface area contributed by atoms with Gasteiger partial charge in [-0.3, -0.25) is 4.79 Å². The van der Waals surface area contributed by atoms with Crippen LogP contribution in [-0.4, -0.2) is 12.1 Å². The lowest BCUT2D eigenvalue weighted by atomic mass is 9.85. The minimum Gasteiger partial charge on any atom is -0.458 e. The molecule has 0 aromatic carbocycles. The zero-order chi connectivity index (χ0) is 12.5. The number of carbonyl (C=O) groups is 1. The van der Waals surface area contributed by atoms with Gasteiger partial charge in [-0.15, -0.1) is 6.58 Å². The third kappa shape index (κ3) is 5.20. The molecular formula is C15H24O2. The molecule has 0 saturated heterocycles. The van der Waals surface area contributed by atoms with Crippen LogP contribution in [0.4, 0.5) is 0 Å². The summed E-state index contributed by atoms with van der Waals surface area (Å²) >= 11 is 0. The molecule has 1 saturated carbocycles. The molecule has 2 nitrogen and oxygen atoms in total. The van der Waals surface area contributed by atoms with E-state index >= 15 is 0 Å². The van der Waals surface area contributed by atoms with Crippen molar-refractivity contribution in [3.05, 3.63) is 25.3 Å². The average Bonchev–Trinajstić information content (AvgIpc) is 2.37. The maximum absolute atomic E-state index is 11.6. The van der Waals surface area contributed by atoms with E-state index in [-0.39, 0.29) is 12.1 Å². The van der Waals surface area contributed by atoms with Crippen molar-refractivity contribution in [2.75, 3.05) is 0 Å². The number of esters is 1. The van der Waals surface area contributed by atoms with Gasteiger partial charge in [-0.25, -0.2) is 0 Å². The minimum absolute atomic E-state index is 0.0773. The zero-order valence-electron chi connectivity index (χ0n) is 10.7. The lowest BCUT2D eigenvalue weighted by Gasteiger charge is -2.27. The number of unbranched alkanes of at least 4 members (excludes halogenated alkanes) is 1. The van der Waals surface area contributed by atoms with Crippen molar-refractivity contribution >= 4 is 5.97 Å². The van der Waals surface area contributed by atoms with Gasteiger partial charge >= 0.3 is 5.97 Å². The van der Waals surface area contributed by atoms with Gasteiger partial charge in [0.15, 0.2) is 0 Å². The number of hydrogen-bond acceptors (Lipinski definition) is 2. The highest BCUT2D eigenvalue weighted by atomic mass is 16.5. The van der Waals surface area contributed by atoms with Crippen LogP contribution < -0.4 is 0 Å². The van der Waals surface area contributed by atoms with E-state index in [0.29, 0.717) is 12.3 Å². The molecule has 0 aliphatic heterocycles. The Kier molecular flexibility index (Phi) is 6.68. The Hall–Kier alpha value is -1.05. The highest BCUT2D eigenvalue weighted by molar-refractivity contribution is 5.69. The van der Waals surface area contributed by atoms with Gasteiger partial charge in [-0.2, -0.15) is 0 Å². The molecule has 96 valence electrons. The summed E-state index contributed by atoms with van der Waals surface area (Å²) in [6, 6.07) is 0. The van der Waals surface area contributed by atoms with E-state index in [9.17, 15) is 4.79 Å². The average molecular weight is 236 g/mol. The lowest BCUT2D eigenvalue weighted by molar-refractivity contribution is -0.149. The predicted octanol–water partition coefficient (Wildman–Crippen LogP) is 4.02.